The maximum absolute atomic E-state index is 13.4. The first-order chi connectivity index (χ1) is 12.5. The number of nitrogens with zero attached hydrogens (tertiary/aromatic N) is 3. The summed E-state index contributed by atoms with van der Waals surface area (Å²) in [7, 11) is 0. The largest absolute Gasteiger partial charge is 0.426 e. The van der Waals surface area contributed by atoms with Crippen LogP contribution in [0, 0.1) is 5.92 Å². The highest BCUT2D eigenvalue weighted by Gasteiger charge is 2.57. The first kappa shape index (κ1) is 22.5. The van der Waals surface area contributed by atoms with Crippen molar-refractivity contribution in [2.24, 2.45) is 5.92 Å². The average molecular weight is 415 g/mol. The van der Waals surface area contributed by atoms with Crippen LogP contribution in [0.3, 0.4) is 0 Å². The van der Waals surface area contributed by atoms with Crippen LogP contribution in [-0.2, 0) is 10.3 Å². The maximum Gasteiger partial charge on any atom is 0.426 e. The van der Waals surface area contributed by atoms with Gasteiger partial charge in [-0.25, -0.2) is 0 Å². The molecule has 1 amide bonds. The molecule has 5 nitrogen and oxygen atoms in total. The molecule has 0 spiro atoms. The molecule has 3 atom stereocenters. The zero-order chi connectivity index (χ0) is 21.7. The monoisotopic (exact) mass is 415 g/mol. The number of amides is 1. The fourth-order valence-corrected chi connectivity index (χ4v) is 3.38. The molecule has 0 radical (unpaired) electrons. The first-order valence-corrected chi connectivity index (χ1v) is 8.71. The van der Waals surface area contributed by atoms with Crippen LogP contribution in [0.5, 0.6) is 0 Å². The number of rotatable bonds is 3. The Bertz CT molecular complexity index is 723. The highest BCUT2D eigenvalue weighted by atomic mass is 19.4. The third kappa shape index (κ3) is 3.72. The minimum Gasteiger partial charge on any atom is -0.373 e. The van der Waals surface area contributed by atoms with E-state index in [4.69, 9.17) is 0 Å². The molecule has 1 aromatic heterocycles. The smallest absolute Gasteiger partial charge is 0.373 e. The van der Waals surface area contributed by atoms with Crippen LogP contribution in [0.25, 0.3) is 0 Å². The van der Waals surface area contributed by atoms with E-state index in [-0.39, 0.29) is 19.5 Å². The summed E-state index contributed by atoms with van der Waals surface area (Å²) in [6, 6.07) is 1.46. The van der Waals surface area contributed by atoms with Crippen LogP contribution in [-0.4, -0.2) is 56.7 Å². The molecule has 0 bridgehead atoms. The van der Waals surface area contributed by atoms with Crippen LogP contribution < -0.4 is 0 Å². The van der Waals surface area contributed by atoms with Gasteiger partial charge in [0.25, 0.3) is 5.91 Å². The lowest BCUT2D eigenvalue weighted by Crippen LogP contribution is -2.58. The standard InChI is InChI=1S/C17H23F6N3O2/c1-10-9-25(13(27)15(4,28)17(21,22)23)8-6-11(10)12-5-7-24-26(12)14(2,3)16(18,19)20/h5,7,10-11,28H,6,8-9H2,1-4H3/t10?,11-,15+/m0/s1. The minimum absolute atomic E-state index is 0.113. The summed E-state index contributed by atoms with van der Waals surface area (Å²) < 4.78 is 79.8. The Balaban J connectivity index is 2.23. The Labute approximate surface area is 158 Å². The van der Waals surface area contributed by atoms with Crippen LogP contribution in [0.4, 0.5) is 26.3 Å². The van der Waals surface area contributed by atoms with E-state index >= 15 is 0 Å². The average Bonchev–Trinajstić information content (AvgIpc) is 3.01. The quantitative estimate of drug-likeness (QED) is 0.770. The van der Waals surface area contributed by atoms with E-state index in [0.29, 0.717) is 12.6 Å². The van der Waals surface area contributed by atoms with Crippen molar-refractivity contribution >= 4 is 5.91 Å². The topological polar surface area (TPSA) is 58.4 Å². The van der Waals surface area contributed by atoms with Gasteiger partial charge in [-0.2, -0.15) is 31.4 Å². The normalized spacial score (nSPS) is 24.2. The summed E-state index contributed by atoms with van der Waals surface area (Å²) in [5, 5.41) is 13.4. The highest BCUT2D eigenvalue weighted by Crippen LogP contribution is 2.41. The van der Waals surface area contributed by atoms with Crippen molar-refractivity contribution in [3.05, 3.63) is 18.0 Å². The number of hydrogen-bond donors (Lipinski definition) is 1. The number of hydrogen-bond acceptors (Lipinski definition) is 3. The van der Waals surface area contributed by atoms with Crippen molar-refractivity contribution in [3.63, 3.8) is 0 Å². The van der Waals surface area contributed by atoms with Crippen molar-refractivity contribution in [2.75, 3.05) is 13.1 Å². The van der Waals surface area contributed by atoms with Gasteiger partial charge in [-0.1, -0.05) is 6.92 Å². The molecule has 1 aliphatic heterocycles. The number of alkyl halides is 6. The van der Waals surface area contributed by atoms with E-state index in [2.05, 4.69) is 5.10 Å². The molecule has 1 aromatic rings. The van der Waals surface area contributed by atoms with Gasteiger partial charge in [0.2, 0.25) is 5.60 Å². The van der Waals surface area contributed by atoms with E-state index in [1.54, 1.807) is 6.92 Å². The molecule has 1 N–H and O–H groups in total. The number of carbonyl (C=O) groups is 1. The molecule has 0 saturated carbocycles. The second-order valence-electron chi connectivity index (χ2n) is 7.92. The van der Waals surface area contributed by atoms with Crippen molar-refractivity contribution in [1.29, 1.82) is 0 Å². The Hall–Kier alpha value is -1.78. The third-order valence-corrected chi connectivity index (χ3v) is 5.44. The Morgan fingerprint density at radius 3 is 2.18 bits per heavy atom. The van der Waals surface area contributed by atoms with E-state index < -0.39 is 41.2 Å². The van der Waals surface area contributed by atoms with Gasteiger partial charge >= 0.3 is 12.4 Å². The molecule has 1 unspecified atom stereocenters. The summed E-state index contributed by atoms with van der Waals surface area (Å²) in [5.41, 5.74) is -5.47. The number of carbonyl (C=O) groups excluding carboxylic acids is 1. The Kier molecular flexibility index (Phi) is 5.57. The van der Waals surface area contributed by atoms with Crippen molar-refractivity contribution in [2.45, 2.75) is 63.5 Å². The lowest BCUT2D eigenvalue weighted by molar-refractivity contribution is -0.250. The SMILES string of the molecule is CC1CN(C(=O)[C@@](C)(O)C(F)(F)F)CC[C@@H]1c1ccnn1C(C)(C)C(F)(F)F. The van der Waals surface area contributed by atoms with Crippen molar-refractivity contribution in [3.8, 4) is 0 Å². The fraction of sp³-hybridized carbons (Fsp3) is 0.765. The second kappa shape index (κ2) is 6.93. The maximum atomic E-state index is 13.4. The van der Waals surface area contributed by atoms with Crippen LogP contribution in [0.2, 0.25) is 0 Å². The summed E-state index contributed by atoms with van der Waals surface area (Å²) in [6.45, 7) is 3.79. The van der Waals surface area contributed by atoms with Gasteiger partial charge in [0, 0.05) is 30.9 Å². The van der Waals surface area contributed by atoms with Gasteiger partial charge in [0.15, 0.2) is 5.54 Å². The predicted molar refractivity (Wildman–Crippen MR) is 87.4 cm³/mol. The predicted octanol–water partition coefficient (Wildman–Crippen LogP) is 3.45. The third-order valence-electron chi connectivity index (χ3n) is 5.44. The molecular weight excluding hydrogens is 392 g/mol. The fourth-order valence-electron chi connectivity index (χ4n) is 3.38. The second-order valence-corrected chi connectivity index (χ2v) is 7.92. The lowest BCUT2D eigenvalue weighted by Gasteiger charge is -2.41. The lowest BCUT2D eigenvalue weighted by atomic mass is 9.83. The molecule has 0 aliphatic carbocycles. The van der Waals surface area contributed by atoms with Gasteiger partial charge in [-0.15, -0.1) is 0 Å². The van der Waals surface area contributed by atoms with E-state index in [9.17, 15) is 36.2 Å². The highest BCUT2D eigenvalue weighted by molar-refractivity contribution is 5.85. The number of piperidine rings is 1. The Morgan fingerprint density at radius 1 is 1.14 bits per heavy atom. The summed E-state index contributed by atoms with van der Waals surface area (Å²) >= 11 is 0. The van der Waals surface area contributed by atoms with Gasteiger partial charge < -0.3 is 10.0 Å². The molecule has 2 heterocycles. The molecule has 160 valence electrons. The molecule has 28 heavy (non-hydrogen) atoms. The van der Waals surface area contributed by atoms with Crippen LogP contribution in [0.15, 0.2) is 12.3 Å². The van der Waals surface area contributed by atoms with Crippen molar-refractivity contribution < 1.29 is 36.2 Å². The van der Waals surface area contributed by atoms with E-state index in [1.165, 1.54) is 12.3 Å². The summed E-state index contributed by atoms with van der Waals surface area (Å²) in [6.07, 6.45) is -8.28. The van der Waals surface area contributed by atoms with Crippen LogP contribution in [0.1, 0.15) is 45.7 Å². The zero-order valence-electron chi connectivity index (χ0n) is 15.9. The van der Waals surface area contributed by atoms with Crippen molar-refractivity contribution in [1.82, 2.24) is 14.7 Å². The van der Waals surface area contributed by atoms with Crippen LogP contribution >= 0.6 is 0 Å². The molecule has 2 rings (SSSR count). The number of aliphatic hydroxyl groups is 1. The van der Waals surface area contributed by atoms with Gasteiger partial charge in [0.1, 0.15) is 0 Å². The minimum atomic E-state index is -5.13. The Morgan fingerprint density at radius 2 is 1.71 bits per heavy atom. The van der Waals surface area contributed by atoms with Gasteiger partial charge in [-0.05, 0) is 39.2 Å². The number of aromatic nitrogens is 2. The number of likely N-dealkylation sites (tertiary alicyclic amines) is 1. The van der Waals surface area contributed by atoms with E-state index in [0.717, 1.165) is 23.4 Å². The summed E-state index contributed by atoms with van der Waals surface area (Å²) in [4.78, 5) is 13.1. The molecular formula is C17H23F6N3O2. The van der Waals surface area contributed by atoms with Gasteiger partial charge in [-0.3, -0.25) is 9.48 Å². The molecule has 0 aromatic carbocycles. The van der Waals surface area contributed by atoms with E-state index in [1.807, 2.05) is 0 Å². The molecule has 1 aliphatic rings. The number of halogens is 6. The zero-order valence-corrected chi connectivity index (χ0v) is 15.9. The molecule has 1 fully saturated rings. The van der Waals surface area contributed by atoms with Gasteiger partial charge in [0.05, 0.1) is 0 Å². The molecule has 11 heteroatoms. The summed E-state index contributed by atoms with van der Waals surface area (Å²) in [5.74, 6) is -2.32. The first-order valence-electron chi connectivity index (χ1n) is 8.71. The molecule has 1 saturated heterocycles.